The summed E-state index contributed by atoms with van der Waals surface area (Å²) in [6.45, 7) is 2.57. The van der Waals surface area contributed by atoms with Crippen LogP contribution in [0.25, 0.3) is 0 Å². The van der Waals surface area contributed by atoms with Crippen LogP contribution in [-0.2, 0) is 6.42 Å². The molecule has 3 nitrogen and oxygen atoms in total. The minimum absolute atomic E-state index is 0.00545. The van der Waals surface area contributed by atoms with Gasteiger partial charge in [0.2, 0.25) is 0 Å². The Hall–Kier alpha value is -2.00. The zero-order valence-electron chi connectivity index (χ0n) is 11.2. The highest BCUT2D eigenvalue weighted by Gasteiger charge is 2.26. The van der Waals surface area contributed by atoms with E-state index in [1.807, 2.05) is 31.2 Å². The van der Waals surface area contributed by atoms with Gasteiger partial charge < -0.3 is 10.6 Å². The number of rotatable bonds is 1. The first kappa shape index (κ1) is 13.0. The third-order valence-electron chi connectivity index (χ3n) is 3.71. The van der Waals surface area contributed by atoms with Gasteiger partial charge in [0.25, 0.3) is 5.91 Å². The van der Waals surface area contributed by atoms with Crippen LogP contribution in [0.4, 0.5) is 11.4 Å². The quantitative estimate of drug-likeness (QED) is 0.816. The number of nitrogens with zero attached hydrogens (tertiary/aromatic N) is 1. The minimum Gasteiger partial charge on any atom is -0.398 e. The normalized spacial score (nSPS) is 13.4. The number of halogens is 1. The Morgan fingerprint density at radius 3 is 2.85 bits per heavy atom. The molecular formula is C16H15ClN2O. The first-order chi connectivity index (χ1) is 9.58. The van der Waals surface area contributed by atoms with Gasteiger partial charge in [0.05, 0.1) is 0 Å². The second-order valence-electron chi connectivity index (χ2n) is 5.02. The predicted molar refractivity (Wildman–Crippen MR) is 82.4 cm³/mol. The zero-order chi connectivity index (χ0) is 14.3. The number of hydrogen-bond donors (Lipinski definition) is 1. The van der Waals surface area contributed by atoms with Crippen LogP contribution in [0, 0.1) is 6.92 Å². The first-order valence-electron chi connectivity index (χ1n) is 6.53. The number of carbonyl (C=O) groups excluding carboxylic acids is 1. The van der Waals surface area contributed by atoms with E-state index in [-0.39, 0.29) is 5.91 Å². The molecule has 0 bridgehead atoms. The number of amides is 1. The number of nitrogens with two attached hydrogens (primary N) is 1. The molecule has 2 aromatic carbocycles. The molecule has 0 spiro atoms. The largest absolute Gasteiger partial charge is 0.398 e. The SMILES string of the molecule is Cc1cc(C(=O)N2CCc3c(N)cccc32)ccc1Cl. The third-order valence-corrected chi connectivity index (χ3v) is 4.14. The fourth-order valence-electron chi connectivity index (χ4n) is 2.61. The topological polar surface area (TPSA) is 46.3 Å². The number of fused-ring (bicyclic) bond motifs is 1. The standard InChI is InChI=1S/C16H15ClN2O/c1-10-9-11(5-6-13(10)17)16(20)19-8-7-12-14(18)3-2-4-15(12)19/h2-6,9H,7-8,18H2,1H3. The van der Waals surface area contributed by atoms with Crippen LogP contribution in [0.2, 0.25) is 5.02 Å². The third kappa shape index (κ3) is 2.04. The van der Waals surface area contributed by atoms with E-state index in [0.717, 1.165) is 28.9 Å². The van der Waals surface area contributed by atoms with Gasteiger partial charge in [-0.3, -0.25) is 4.79 Å². The second-order valence-corrected chi connectivity index (χ2v) is 5.42. The predicted octanol–water partition coefficient (Wildman–Crippen LogP) is 3.43. The Bertz CT molecular complexity index is 697. The van der Waals surface area contributed by atoms with E-state index in [9.17, 15) is 4.79 Å². The fourth-order valence-corrected chi connectivity index (χ4v) is 2.72. The van der Waals surface area contributed by atoms with Crippen molar-refractivity contribution in [1.29, 1.82) is 0 Å². The average Bonchev–Trinajstić information content (AvgIpc) is 2.86. The molecule has 4 heteroatoms. The molecule has 3 rings (SSSR count). The molecule has 0 unspecified atom stereocenters. The summed E-state index contributed by atoms with van der Waals surface area (Å²) in [5.41, 5.74) is 10.3. The number of carbonyl (C=O) groups is 1. The molecule has 1 amide bonds. The maximum atomic E-state index is 12.6. The molecule has 0 aliphatic carbocycles. The number of anilines is 2. The molecule has 0 radical (unpaired) electrons. The van der Waals surface area contributed by atoms with E-state index < -0.39 is 0 Å². The van der Waals surface area contributed by atoms with Crippen molar-refractivity contribution in [3.63, 3.8) is 0 Å². The molecule has 2 N–H and O–H groups in total. The molecule has 1 aliphatic rings. The first-order valence-corrected chi connectivity index (χ1v) is 6.91. The highest BCUT2D eigenvalue weighted by Crippen LogP contribution is 2.33. The van der Waals surface area contributed by atoms with Gasteiger partial charge in [-0.05, 0) is 49.2 Å². The van der Waals surface area contributed by atoms with Crippen molar-refractivity contribution in [2.45, 2.75) is 13.3 Å². The number of nitrogen functional groups attached to an aromatic ring is 1. The zero-order valence-corrected chi connectivity index (χ0v) is 11.9. The van der Waals surface area contributed by atoms with E-state index >= 15 is 0 Å². The summed E-state index contributed by atoms with van der Waals surface area (Å²) in [6, 6.07) is 11.1. The average molecular weight is 287 g/mol. The van der Waals surface area contributed by atoms with Gasteiger partial charge in [-0.1, -0.05) is 17.7 Å². The van der Waals surface area contributed by atoms with Crippen LogP contribution < -0.4 is 10.6 Å². The molecule has 0 saturated carbocycles. The molecule has 1 aliphatic heterocycles. The number of aryl methyl sites for hydroxylation is 1. The lowest BCUT2D eigenvalue weighted by Crippen LogP contribution is -2.28. The van der Waals surface area contributed by atoms with Crippen molar-refractivity contribution in [1.82, 2.24) is 0 Å². The van der Waals surface area contributed by atoms with E-state index in [0.29, 0.717) is 17.1 Å². The lowest BCUT2D eigenvalue weighted by molar-refractivity contribution is 0.0989. The van der Waals surface area contributed by atoms with Crippen LogP contribution >= 0.6 is 11.6 Å². The Morgan fingerprint density at radius 1 is 1.30 bits per heavy atom. The summed E-state index contributed by atoms with van der Waals surface area (Å²) < 4.78 is 0. The van der Waals surface area contributed by atoms with Gasteiger partial charge in [0, 0.05) is 34.1 Å². The Kier molecular flexibility index (Phi) is 3.14. The molecule has 1 heterocycles. The van der Waals surface area contributed by atoms with E-state index in [1.54, 1.807) is 17.0 Å². The minimum atomic E-state index is -0.00545. The number of hydrogen-bond acceptors (Lipinski definition) is 2. The summed E-state index contributed by atoms with van der Waals surface area (Å²) >= 11 is 6.01. The van der Waals surface area contributed by atoms with Crippen molar-refractivity contribution in [2.75, 3.05) is 17.2 Å². The van der Waals surface area contributed by atoms with Gasteiger partial charge in [0.15, 0.2) is 0 Å². The van der Waals surface area contributed by atoms with Crippen LogP contribution in [0.5, 0.6) is 0 Å². The van der Waals surface area contributed by atoms with E-state index in [2.05, 4.69) is 0 Å². The van der Waals surface area contributed by atoms with Crippen molar-refractivity contribution in [3.05, 3.63) is 58.1 Å². The summed E-state index contributed by atoms with van der Waals surface area (Å²) in [5, 5.41) is 0.674. The van der Waals surface area contributed by atoms with E-state index in [4.69, 9.17) is 17.3 Å². The monoisotopic (exact) mass is 286 g/mol. The van der Waals surface area contributed by atoms with Crippen LogP contribution in [0.1, 0.15) is 21.5 Å². The summed E-state index contributed by atoms with van der Waals surface area (Å²) in [4.78, 5) is 14.4. The molecule has 20 heavy (non-hydrogen) atoms. The van der Waals surface area contributed by atoms with Crippen molar-refractivity contribution < 1.29 is 4.79 Å². The van der Waals surface area contributed by atoms with Crippen LogP contribution in [0.3, 0.4) is 0 Å². The van der Waals surface area contributed by atoms with Crippen molar-refractivity contribution in [2.24, 2.45) is 0 Å². The molecule has 0 atom stereocenters. The molecule has 0 aromatic heterocycles. The van der Waals surface area contributed by atoms with Crippen LogP contribution in [0.15, 0.2) is 36.4 Å². The van der Waals surface area contributed by atoms with Crippen LogP contribution in [-0.4, -0.2) is 12.5 Å². The molecule has 0 saturated heterocycles. The number of benzene rings is 2. The van der Waals surface area contributed by atoms with Gasteiger partial charge in [-0.2, -0.15) is 0 Å². The van der Waals surface area contributed by atoms with Gasteiger partial charge >= 0.3 is 0 Å². The van der Waals surface area contributed by atoms with Gasteiger partial charge in [-0.25, -0.2) is 0 Å². The molecule has 102 valence electrons. The summed E-state index contributed by atoms with van der Waals surface area (Å²) in [5.74, 6) is -0.00545. The fraction of sp³-hybridized carbons (Fsp3) is 0.188. The lowest BCUT2D eigenvalue weighted by Gasteiger charge is -2.18. The highest BCUT2D eigenvalue weighted by atomic mass is 35.5. The maximum absolute atomic E-state index is 12.6. The Morgan fingerprint density at radius 2 is 2.10 bits per heavy atom. The van der Waals surface area contributed by atoms with Gasteiger partial charge in [0.1, 0.15) is 0 Å². The summed E-state index contributed by atoms with van der Waals surface area (Å²) in [7, 11) is 0. The van der Waals surface area contributed by atoms with E-state index in [1.165, 1.54) is 0 Å². The Balaban J connectivity index is 1.97. The van der Waals surface area contributed by atoms with Crippen molar-refractivity contribution in [3.8, 4) is 0 Å². The molecule has 2 aromatic rings. The smallest absolute Gasteiger partial charge is 0.258 e. The molecule has 0 fully saturated rings. The lowest BCUT2D eigenvalue weighted by atomic mass is 10.1. The summed E-state index contributed by atoms with van der Waals surface area (Å²) in [6.07, 6.45) is 0.806. The second kappa shape index (κ2) is 4.84. The molecular weight excluding hydrogens is 272 g/mol. The highest BCUT2D eigenvalue weighted by molar-refractivity contribution is 6.31. The maximum Gasteiger partial charge on any atom is 0.258 e. The van der Waals surface area contributed by atoms with Gasteiger partial charge in [-0.15, -0.1) is 0 Å². The van der Waals surface area contributed by atoms with Crippen molar-refractivity contribution >= 4 is 28.9 Å². The Labute approximate surface area is 123 Å².